The van der Waals surface area contributed by atoms with Gasteiger partial charge >= 0.3 is 6.36 Å². The number of halogens is 4. The molecule has 2 N–H and O–H groups in total. The number of rotatable bonds is 5. The molecule has 1 saturated carbocycles. The van der Waals surface area contributed by atoms with E-state index in [2.05, 4.69) is 15.0 Å². The van der Waals surface area contributed by atoms with E-state index >= 15 is 0 Å². The van der Waals surface area contributed by atoms with Crippen LogP contribution < -0.4 is 15.6 Å². The molecule has 0 radical (unpaired) electrons. The van der Waals surface area contributed by atoms with Gasteiger partial charge in [-0.15, -0.1) is 13.2 Å². The third-order valence-corrected chi connectivity index (χ3v) is 5.42. The molecule has 0 bridgehead atoms. The van der Waals surface area contributed by atoms with Crippen LogP contribution in [-0.4, -0.2) is 23.3 Å². The Morgan fingerprint density at radius 3 is 2.50 bits per heavy atom. The monoisotopic (exact) mass is 438 g/mol. The fourth-order valence-electron chi connectivity index (χ4n) is 3.54. The van der Waals surface area contributed by atoms with Crippen LogP contribution in [0.5, 0.6) is 5.75 Å². The molecular weight excluding hydrogens is 421 g/mol. The minimum absolute atomic E-state index is 0.106. The Hall–Kier alpha value is -2.74. The van der Waals surface area contributed by atoms with Gasteiger partial charge in [0.05, 0.1) is 5.02 Å². The van der Waals surface area contributed by atoms with Gasteiger partial charge in [0, 0.05) is 29.3 Å². The molecule has 4 rings (SSSR count). The van der Waals surface area contributed by atoms with Crippen molar-refractivity contribution < 1.29 is 22.7 Å². The molecule has 1 aromatic carbocycles. The summed E-state index contributed by atoms with van der Waals surface area (Å²) in [6.07, 6.45) is -0.330. The van der Waals surface area contributed by atoms with Crippen LogP contribution in [0.2, 0.25) is 5.02 Å². The molecule has 30 heavy (non-hydrogen) atoms. The Morgan fingerprint density at radius 1 is 1.13 bits per heavy atom. The number of nitrogens with one attached hydrogen (secondary N) is 2. The lowest BCUT2D eigenvalue weighted by Gasteiger charge is -2.15. The van der Waals surface area contributed by atoms with Crippen molar-refractivity contribution in [2.24, 2.45) is 0 Å². The normalized spacial score (nSPS) is 19.7. The number of benzene rings is 1. The zero-order valence-electron chi connectivity index (χ0n) is 15.7. The highest BCUT2D eigenvalue weighted by Crippen LogP contribution is 2.39. The number of aromatic nitrogens is 1. The number of hydrogen-bond donors (Lipinski definition) is 2. The van der Waals surface area contributed by atoms with Crippen molar-refractivity contribution in [3.63, 3.8) is 0 Å². The summed E-state index contributed by atoms with van der Waals surface area (Å²) >= 11 is 5.87. The highest BCUT2D eigenvalue weighted by Gasteiger charge is 2.32. The quantitative estimate of drug-likeness (QED) is 0.721. The Bertz CT molecular complexity index is 1070. The molecule has 1 aromatic heterocycles. The molecule has 1 atom stereocenters. The van der Waals surface area contributed by atoms with Crippen molar-refractivity contribution in [1.29, 1.82) is 0 Å². The first-order valence-electron chi connectivity index (χ1n) is 9.50. The third kappa shape index (κ3) is 4.70. The summed E-state index contributed by atoms with van der Waals surface area (Å²) in [7, 11) is 0. The largest absolute Gasteiger partial charge is 0.573 e. The maximum absolute atomic E-state index is 12.7. The molecule has 5 nitrogen and oxygen atoms in total. The molecule has 2 aliphatic rings. The highest BCUT2D eigenvalue weighted by atomic mass is 35.5. The molecule has 9 heteroatoms. The van der Waals surface area contributed by atoms with E-state index in [-0.39, 0.29) is 28.4 Å². The van der Waals surface area contributed by atoms with Gasteiger partial charge in [-0.25, -0.2) is 0 Å². The standard InChI is InChI=1S/C21H18ClF3N2O3/c22-16-6-3-12(9-18(16)30-21(23,24)25)15(10-13-4-8-19(28)26-13)17-7-5-14(11-1-2-11)20(29)27-17/h3,5-7,9-11,13H,1-2,4,8H2,(H,26,28)(H,27,29)/t13-/m1/s1. The smallest absolute Gasteiger partial charge is 0.404 e. The molecule has 2 aromatic rings. The summed E-state index contributed by atoms with van der Waals surface area (Å²) in [6.45, 7) is 0. The van der Waals surface area contributed by atoms with Crippen molar-refractivity contribution in [2.75, 3.05) is 0 Å². The summed E-state index contributed by atoms with van der Waals surface area (Å²) in [6, 6.07) is 7.19. The van der Waals surface area contributed by atoms with Crippen molar-refractivity contribution in [3.8, 4) is 5.75 Å². The molecule has 2 fully saturated rings. The summed E-state index contributed by atoms with van der Waals surface area (Å²) < 4.78 is 42.2. The number of pyridine rings is 1. The lowest BCUT2D eigenvalue weighted by atomic mass is 9.98. The highest BCUT2D eigenvalue weighted by molar-refractivity contribution is 6.32. The van der Waals surface area contributed by atoms with Crippen LogP contribution in [0.15, 0.2) is 41.2 Å². The van der Waals surface area contributed by atoms with E-state index in [1.165, 1.54) is 12.1 Å². The SMILES string of the molecule is O=C1CC[C@H](C=C(c2ccc(Cl)c(OC(F)(F)F)c2)c2ccc(C3CC3)c(=O)[nH]2)N1. The summed E-state index contributed by atoms with van der Waals surface area (Å²) in [5, 5.41) is 2.61. The molecule has 2 heterocycles. The van der Waals surface area contributed by atoms with Gasteiger partial charge < -0.3 is 15.0 Å². The predicted octanol–water partition coefficient (Wildman–Crippen LogP) is 4.51. The lowest BCUT2D eigenvalue weighted by Crippen LogP contribution is -2.24. The number of alkyl halides is 3. The van der Waals surface area contributed by atoms with Gasteiger partial charge in [0.25, 0.3) is 5.56 Å². The van der Waals surface area contributed by atoms with Crippen LogP contribution in [-0.2, 0) is 4.79 Å². The maximum atomic E-state index is 12.7. The van der Waals surface area contributed by atoms with Gasteiger partial charge in [0.15, 0.2) is 0 Å². The van der Waals surface area contributed by atoms with Gasteiger partial charge in [-0.05, 0) is 48.9 Å². The van der Waals surface area contributed by atoms with Crippen LogP contribution in [0.4, 0.5) is 13.2 Å². The van der Waals surface area contributed by atoms with Crippen LogP contribution in [0, 0.1) is 0 Å². The van der Waals surface area contributed by atoms with Crippen molar-refractivity contribution in [2.45, 2.75) is 44.0 Å². The first kappa shape index (κ1) is 20.5. The van der Waals surface area contributed by atoms with Gasteiger partial charge in [-0.3, -0.25) is 9.59 Å². The Morgan fingerprint density at radius 2 is 1.90 bits per heavy atom. The van der Waals surface area contributed by atoms with E-state index < -0.39 is 12.1 Å². The average molecular weight is 439 g/mol. The maximum Gasteiger partial charge on any atom is 0.573 e. The number of carbonyl (C=O) groups is 1. The summed E-state index contributed by atoms with van der Waals surface area (Å²) in [4.78, 5) is 26.9. The van der Waals surface area contributed by atoms with Crippen molar-refractivity contribution in [3.05, 3.63) is 68.6 Å². The van der Waals surface area contributed by atoms with Crippen LogP contribution in [0.3, 0.4) is 0 Å². The zero-order chi connectivity index (χ0) is 21.5. The van der Waals surface area contributed by atoms with Crippen LogP contribution in [0.25, 0.3) is 5.57 Å². The molecular formula is C21H18ClF3N2O3. The Kier molecular flexibility index (Phi) is 5.36. The summed E-state index contributed by atoms with van der Waals surface area (Å²) in [5.41, 5.74) is 1.76. The minimum atomic E-state index is -4.90. The first-order chi connectivity index (χ1) is 14.2. The number of carbonyl (C=O) groups excluding carboxylic acids is 1. The number of ether oxygens (including phenoxy) is 1. The second-order valence-electron chi connectivity index (χ2n) is 7.42. The van der Waals surface area contributed by atoms with Gasteiger partial charge in [0.2, 0.25) is 5.91 Å². The number of aromatic amines is 1. The third-order valence-electron chi connectivity index (χ3n) is 5.11. The average Bonchev–Trinajstić information content (AvgIpc) is 3.42. The van der Waals surface area contributed by atoms with Crippen molar-refractivity contribution in [1.82, 2.24) is 10.3 Å². The number of hydrogen-bond acceptors (Lipinski definition) is 3. The van der Waals surface area contributed by atoms with E-state index in [0.29, 0.717) is 35.2 Å². The van der Waals surface area contributed by atoms with E-state index in [9.17, 15) is 22.8 Å². The van der Waals surface area contributed by atoms with Crippen molar-refractivity contribution >= 4 is 23.1 Å². The first-order valence-corrected chi connectivity index (χ1v) is 9.88. The molecule has 1 amide bonds. The summed E-state index contributed by atoms with van der Waals surface area (Å²) in [5.74, 6) is -0.392. The lowest BCUT2D eigenvalue weighted by molar-refractivity contribution is -0.274. The molecule has 1 aliphatic heterocycles. The fraction of sp³-hybridized carbons (Fsp3) is 0.333. The van der Waals surface area contributed by atoms with Crippen LogP contribution in [0.1, 0.15) is 48.4 Å². The molecule has 1 saturated heterocycles. The van der Waals surface area contributed by atoms with Crippen LogP contribution >= 0.6 is 11.6 Å². The molecule has 158 valence electrons. The van der Waals surface area contributed by atoms with E-state index in [1.807, 2.05) is 0 Å². The fourth-order valence-corrected chi connectivity index (χ4v) is 3.69. The molecule has 0 spiro atoms. The molecule has 0 unspecified atom stereocenters. The van der Waals surface area contributed by atoms with Gasteiger partial charge in [-0.2, -0.15) is 0 Å². The van der Waals surface area contributed by atoms with E-state index in [1.54, 1.807) is 24.3 Å². The number of amides is 1. The Labute approximate surface area is 174 Å². The zero-order valence-corrected chi connectivity index (χ0v) is 16.4. The number of H-pyrrole nitrogens is 1. The molecule has 1 aliphatic carbocycles. The second-order valence-corrected chi connectivity index (χ2v) is 7.82. The minimum Gasteiger partial charge on any atom is -0.404 e. The Balaban J connectivity index is 1.77. The predicted molar refractivity (Wildman–Crippen MR) is 105 cm³/mol. The van der Waals surface area contributed by atoms with E-state index in [0.717, 1.165) is 12.8 Å². The van der Waals surface area contributed by atoms with Gasteiger partial charge in [0.1, 0.15) is 5.75 Å². The topological polar surface area (TPSA) is 71.2 Å². The van der Waals surface area contributed by atoms with E-state index in [4.69, 9.17) is 11.6 Å². The van der Waals surface area contributed by atoms with Gasteiger partial charge in [-0.1, -0.05) is 29.8 Å². The second kappa shape index (κ2) is 7.83.